The zero-order chi connectivity index (χ0) is 13.1. The van der Waals surface area contributed by atoms with Gasteiger partial charge in [0.1, 0.15) is 11.8 Å². The number of alkyl halides is 3. The molecule has 0 saturated heterocycles. The highest BCUT2D eigenvalue weighted by molar-refractivity contribution is 5.46. The number of ether oxygens (including phenoxy) is 1. The summed E-state index contributed by atoms with van der Waals surface area (Å²) in [4.78, 5) is 0. The van der Waals surface area contributed by atoms with Crippen molar-refractivity contribution in [1.29, 1.82) is 5.26 Å². The van der Waals surface area contributed by atoms with Gasteiger partial charge in [0.2, 0.25) is 0 Å². The molecule has 0 aliphatic carbocycles. The van der Waals surface area contributed by atoms with Crippen LogP contribution >= 0.6 is 0 Å². The van der Waals surface area contributed by atoms with Crippen molar-refractivity contribution in [1.82, 2.24) is 0 Å². The first kappa shape index (κ1) is 13.4. The molecule has 0 aliphatic rings. The fourth-order valence-electron chi connectivity index (χ4n) is 1.28. The molecule has 0 saturated carbocycles. The second kappa shape index (κ2) is 5.09. The van der Waals surface area contributed by atoms with Gasteiger partial charge < -0.3 is 4.74 Å². The Labute approximate surface area is 97.6 Å². The van der Waals surface area contributed by atoms with E-state index in [1.165, 1.54) is 6.07 Å². The van der Waals surface area contributed by atoms with Gasteiger partial charge in [-0.05, 0) is 23.6 Å². The molecule has 0 unspecified atom stereocenters. The van der Waals surface area contributed by atoms with Crippen LogP contribution in [-0.2, 0) is 0 Å². The molecular weight excluding hydrogens is 231 g/mol. The van der Waals surface area contributed by atoms with Crippen molar-refractivity contribution in [2.24, 2.45) is 0 Å². The van der Waals surface area contributed by atoms with Crippen molar-refractivity contribution >= 4 is 0 Å². The van der Waals surface area contributed by atoms with Crippen molar-refractivity contribution < 1.29 is 17.9 Å². The van der Waals surface area contributed by atoms with Crippen molar-refractivity contribution in [3.05, 3.63) is 29.3 Å². The van der Waals surface area contributed by atoms with Crippen molar-refractivity contribution in [3.8, 4) is 11.8 Å². The molecule has 0 aliphatic heterocycles. The first-order valence-corrected chi connectivity index (χ1v) is 5.07. The zero-order valence-corrected chi connectivity index (χ0v) is 9.51. The lowest BCUT2D eigenvalue weighted by Crippen LogP contribution is -2.19. The molecule has 0 heterocycles. The second-order valence-corrected chi connectivity index (χ2v) is 3.93. The summed E-state index contributed by atoms with van der Waals surface area (Å²) in [6, 6.07) is 6.45. The highest BCUT2D eigenvalue weighted by Gasteiger charge is 2.28. The van der Waals surface area contributed by atoms with E-state index >= 15 is 0 Å². The Morgan fingerprint density at radius 3 is 2.47 bits per heavy atom. The van der Waals surface area contributed by atoms with Crippen molar-refractivity contribution in [2.45, 2.75) is 25.9 Å². The third-order valence-electron chi connectivity index (χ3n) is 2.18. The Bertz CT molecular complexity index is 432. The van der Waals surface area contributed by atoms with Gasteiger partial charge in [0.05, 0.1) is 5.56 Å². The Balaban J connectivity index is 2.91. The Hall–Kier alpha value is -1.70. The fourth-order valence-corrected chi connectivity index (χ4v) is 1.28. The molecule has 1 aromatic rings. The number of nitriles is 1. The molecule has 0 spiro atoms. The number of benzene rings is 1. The summed E-state index contributed by atoms with van der Waals surface area (Å²) in [5, 5.41) is 8.84. The molecule has 0 bridgehead atoms. The molecule has 1 aromatic carbocycles. The van der Waals surface area contributed by atoms with Crippen LogP contribution in [0.4, 0.5) is 13.2 Å². The van der Waals surface area contributed by atoms with Crippen LogP contribution in [0.3, 0.4) is 0 Å². The predicted molar refractivity (Wildman–Crippen MR) is 56.8 cm³/mol. The molecule has 92 valence electrons. The summed E-state index contributed by atoms with van der Waals surface area (Å²) in [5.74, 6) is 0.174. The summed E-state index contributed by atoms with van der Waals surface area (Å²) >= 11 is 0. The lowest BCUT2D eigenvalue weighted by Gasteiger charge is -2.12. The average molecular weight is 243 g/mol. The maximum absolute atomic E-state index is 12.0. The summed E-state index contributed by atoms with van der Waals surface area (Å²) in [6.45, 7) is 2.49. The number of hydrogen-bond acceptors (Lipinski definition) is 2. The Morgan fingerprint density at radius 2 is 2.00 bits per heavy atom. The van der Waals surface area contributed by atoms with Gasteiger partial charge >= 0.3 is 6.18 Å². The largest absolute Gasteiger partial charge is 0.483 e. The van der Waals surface area contributed by atoms with Gasteiger partial charge in [-0.15, -0.1) is 0 Å². The predicted octanol–water partition coefficient (Wildman–Crippen LogP) is 3.62. The monoisotopic (exact) mass is 243 g/mol. The van der Waals surface area contributed by atoms with Crippen molar-refractivity contribution in [2.75, 3.05) is 6.61 Å². The smallest absolute Gasteiger partial charge is 0.422 e. The first-order chi connectivity index (χ1) is 7.83. The normalized spacial score (nSPS) is 11.4. The van der Waals surface area contributed by atoms with E-state index in [1.807, 2.05) is 19.9 Å². The Kier molecular flexibility index (Phi) is 4.00. The van der Waals surface area contributed by atoms with Crippen LogP contribution in [0.1, 0.15) is 30.9 Å². The van der Waals surface area contributed by atoms with E-state index < -0.39 is 12.8 Å². The van der Waals surface area contributed by atoms with E-state index in [1.54, 1.807) is 12.1 Å². The van der Waals surface area contributed by atoms with Crippen LogP contribution < -0.4 is 4.74 Å². The van der Waals surface area contributed by atoms with Crippen LogP contribution in [-0.4, -0.2) is 12.8 Å². The minimum Gasteiger partial charge on any atom is -0.483 e. The molecule has 0 fully saturated rings. The minimum atomic E-state index is -4.40. The molecule has 0 atom stereocenters. The van der Waals surface area contributed by atoms with Crippen LogP contribution in [0.2, 0.25) is 0 Å². The molecule has 2 nitrogen and oxygen atoms in total. The number of halogens is 3. The Morgan fingerprint density at radius 1 is 1.35 bits per heavy atom. The summed E-state index contributed by atoms with van der Waals surface area (Å²) in [5.41, 5.74) is 1.02. The third kappa shape index (κ3) is 3.99. The second-order valence-electron chi connectivity index (χ2n) is 3.93. The van der Waals surface area contributed by atoms with E-state index in [2.05, 4.69) is 4.74 Å². The van der Waals surface area contributed by atoms with E-state index in [4.69, 9.17) is 5.26 Å². The molecule has 17 heavy (non-hydrogen) atoms. The van der Waals surface area contributed by atoms with Crippen LogP contribution in [0, 0.1) is 11.3 Å². The highest BCUT2D eigenvalue weighted by Crippen LogP contribution is 2.25. The maximum Gasteiger partial charge on any atom is 0.422 e. The SMILES string of the molecule is CC(C)c1ccc(OCC(F)(F)F)c(C#N)c1. The molecule has 0 aromatic heterocycles. The van der Waals surface area contributed by atoms with Crippen molar-refractivity contribution in [3.63, 3.8) is 0 Å². The zero-order valence-electron chi connectivity index (χ0n) is 9.51. The lowest BCUT2D eigenvalue weighted by atomic mass is 10.0. The van der Waals surface area contributed by atoms with Gasteiger partial charge in [-0.3, -0.25) is 0 Å². The molecule has 5 heteroatoms. The molecular formula is C12H12F3NO. The topological polar surface area (TPSA) is 33.0 Å². The first-order valence-electron chi connectivity index (χ1n) is 5.07. The van der Waals surface area contributed by atoms with Gasteiger partial charge in [-0.1, -0.05) is 19.9 Å². The summed E-state index contributed by atoms with van der Waals surface area (Å²) < 4.78 is 40.5. The van der Waals surface area contributed by atoms with Gasteiger partial charge in [0.15, 0.2) is 6.61 Å². The average Bonchev–Trinajstić information content (AvgIpc) is 2.24. The molecule has 1 rings (SSSR count). The van der Waals surface area contributed by atoms with Crippen LogP contribution in [0.25, 0.3) is 0 Å². The molecule has 0 N–H and O–H groups in total. The van der Waals surface area contributed by atoms with E-state index in [-0.39, 0.29) is 17.2 Å². The molecule has 0 radical (unpaired) electrons. The third-order valence-corrected chi connectivity index (χ3v) is 2.18. The van der Waals surface area contributed by atoms with Gasteiger partial charge in [-0.2, -0.15) is 18.4 Å². The summed E-state index contributed by atoms with van der Waals surface area (Å²) in [6.07, 6.45) is -4.40. The van der Waals surface area contributed by atoms with E-state index in [9.17, 15) is 13.2 Å². The number of rotatable bonds is 3. The highest BCUT2D eigenvalue weighted by atomic mass is 19.4. The minimum absolute atomic E-state index is 0.0331. The number of hydrogen-bond donors (Lipinski definition) is 0. The standard InChI is InChI=1S/C12H12F3NO/c1-8(2)9-3-4-11(10(5-9)6-16)17-7-12(13,14)15/h3-5,8H,7H2,1-2H3. The van der Waals surface area contributed by atoms with E-state index in [0.717, 1.165) is 5.56 Å². The van der Waals surface area contributed by atoms with Gasteiger partial charge in [0, 0.05) is 0 Å². The van der Waals surface area contributed by atoms with E-state index in [0.29, 0.717) is 0 Å². The quantitative estimate of drug-likeness (QED) is 0.812. The van der Waals surface area contributed by atoms with Gasteiger partial charge in [0.25, 0.3) is 0 Å². The van der Waals surface area contributed by atoms with Gasteiger partial charge in [-0.25, -0.2) is 0 Å². The molecule has 0 amide bonds. The van der Waals surface area contributed by atoms with Crippen LogP contribution in [0.5, 0.6) is 5.75 Å². The maximum atomic E-state index is 12.0. The summed E-state index contributed by atoms with van der Waals surface area (Å²) in [7, 11) is 0. The lowest BCUT2D eigenvalue weighted by molar-refractivity contribution is -0.153. The van der Waals surface area contributed by atoms with Crippen LogP contribution in [0.15, 0.2) is 18.2 Å². The number of nitrogens with zero attached hydrogens (tertiary/aromatic N) is 1. The fraction of sp³-hybridized carbons (Fsp3) is 0.417.